The minimum Gasteiger partial charge on any atom is -0.504 e. The van der Waals surface area contributed by atoms with Crippen molar-refractivity contribution in [3.05, 3.63) is 53.6 Å². The third-order valence-corrected chi connectivity index (χ3v) is 5.13. The SMILES string of the molecule is CCCCCCCc1c(CCCCCC)ccc(O)c1Oc1ccccc1. The van der Waals surface area contributed by atoms with E-state index in [9.17, 15) is 5.11 Å². The number of hydrogen-bond donors (Lipinski definition) is 1. The smallest absolute Gasteiger partial charge is 0.172 e. The van der Waals surface area contributed by atoms with Crippen LogP contribution in [0.2, 0.25) is 0 Å². The van der Waals surface area contributed by atoms with Crippen molar-refractivity contribution in [3.63, 3.8) is 0 Å². The minimum atomic E-state index is 0.250. The van der Waals surface area contributed by atoms with Gasteiger partial charge in [0.1, 0.15) is 5.75 Å². The fraction of sp³-hybridized carbons (Fsp3) is 0.520. The molecule has 0 heterocycles. The molecule has 0 fully saturated rings. The number of phenols is 1. The van der Waals surface area contributed by atoms with Gasteiger partial charge in [-0.2, -0.15) is 0 Å². The van der Waals surface area contributed by atoms with Gasteiger partial charge in [0.25, 0.3) is 0 Å². The van der Waals surface area contributed by atoms with Gasteiger partial charge in [0.2, 0.25) is 0 Å². The molecule has 0 radical (unpaired) electrons. The first-order chi connectivity index (χ1) is 13.3. The highest BCUT2D eigenvalue weighted by Gasteiger charge is 2.15. The molecule has 0 bridgehead atoms. The number of para-hydroxylation sites is 1. The van der Waals surface area contributed by atoms with Crippen LogP contribution in [0, 0.1) is 0 Å². The summed E-state index contributed by atoms with van der Waals surface area (Å²) in [7, 11) is 0. The highest BCUT2D eigenvalue weighted by molar-refractivity contribution is 5.52. The first kappa shape index (κ1) is 21.3. The lowest BCUT2D eigenvalue weighted by Gasteiger charge is -2.17. The zero-order valence-electron chi connectivity index (χ0n) is 17.2. The first-order valence-electron chi connectivity index (χ1n) is 10.8. The average Bonchev–Trinajstić information content (AvgIpc) is 2.69. The van der Waals surface area contributed by atoms with Gasteiger partial charge < -0.3 is 9.84 Å². The summed E-state index contributed by atoms with van der Waals surface area (Å²) in [5.41, 5.74) is 2.54. The van der Waals surface area contributed by atoms with Gasteiger partial charge in [0.15, 0.2) is 11.5 Å². The monoisotopic (exact) mass is 368 g/mol. The summed E-state index contributed by atoms with van der Waals surface area (Å²) in [5, 5.41) is 10.5. The van der Waals surface area contributed by atoms with Crippen molar-refractivity contribution in [1.82, 2.24) is 0 Å². The van der Waals surface area contributed by atoms with Crippen molar-refractivity contribution in [1.29, 1.82) is 0 Å². The number of rotatable bonds is 13. The molecular formula is C25H36O2. The number of unbranched alkanes of at least 4 members (excludes halogenated alkanes) is 7. The van der Waals surface area contributed by atoms with Crippen LogP contribution in [0.15, 0.2) is 42.5 Å². The number of ether oxygens (including phenoxy) is 1. The van der Waals surface area contributed by atoms with Crippen molar-refractivity contribution in [2.45, 2.75) is 84.5 Å². The van der Waals surface area contributed by atoms with E-state index in [0.717, 1.165) is 25.0 Å². The van der Waals surface area contributed by atoms with Gasteiger partial charge >= 0.3 is 0 Å². The topological polar surface area (TPSA) is 29.5 Å². The van der Waals surface area contributed by atoms with E-state index in [1.165, 1.54) is 62.5 Å². The van der Waals surface area contributed by atoms with Crippen LogP contribution in [-0.2, 0) is 12.8 Å². The van der Waals surface area contributed by atoms with Crippen molar-refractivity contribution >= 4 is 0 Å². The number of aromatic hydroxyl groups is 1. The molecule has 0 spiro atoms. The van der Waals surface area contributed by atoms with Crippen LogP contribution in [0.3, 0.4) is 0 Å². The predicted molar refractivity (Wildman–Crippen MR) is 115 cm³/mol. The van der Waals surface area contributed by atoms with Crippen molar-refractivity contribution in [2.24, 2.45) is 0 Å². The molecule has 2 aromatic rings. The Balaban J connectivity index is 2.17. The van der Waals surface area contributed by atoms with E-state index >= 15 is 0 Å². The molecule has 0 aromatic heterocycles. The van der Waals surface area contributed by atoms with E-state index in [2.05, 4.69) is 19.9 Å². The molecule has 0 atom stereocenters. The molecule has 0 unspecified atom stereocenters. The molecule has 0 saturated heterocycles. The summed E-state index contributed by atoms with van der Waals surface area (Å²) in [6, 6.07) is 13.7. The zero-order valence-corrected chi connectivity index (χ0v) is 17.2. The fourth-order valence-electron chi connectivity index (χ4n) is 3.53. The Labute approximate surface area is 165 Å². The Morgan fingerprint density at radius 1 is 0.704 bits per heavy atom. The van der Waals surface area contributed by atoms with E-state index in [1.807, 2.05) is 30.3 Å². The predicted octanol–water partition coefficient (Wildman–Crippen LogP) is 7.82. The summed E-state index contributed by atoms with van der Waals surface area (Å²) in [5.74, 6) is 1.69. The quantitative estimate of drug-likeness (QED) is 0.365. The van der Waals surface area contributed by atoms with Crippen molar-refractivity contribution < 1.29 is 9.84 Å². The summed E-state index contributed by atoms with van der Waals surface area (Å²) in [6.45, 7) is 4.49. The zero-order chi connectivity index (χ0) is 19.3. The molecule has 2 rings (SSSR count). The summed E-state index contributed by atoms with van der Waals surface area (Å²) in [6.07, 6.45) is 13.3. The van der Waals surface area contributed by atoms with Crippen molar-refractivity contribution in [3.8, 4) is 17.2 Å². The van der Waals surface area contributed by atoms with Gasteiger partial charge in [-0.05, 0) is 49.4 Å². The summed E-state index contributed by atoms with van der Waals surface area (Å²) >= 11 is 0. The van der Waals surface area contributed by atoms with Gasteiger partial charge in [0, 0.05) is 5.56 Å². The Kier molecular flexibility index (Phi) is 9.83. The van der Waals surface area contributed by atoms with Gasteiger partial charge in [-0.15, -0.1) is 0 Å². The maximum atomic E-state index is 10.5. The Morgan fingerprint density at radius 2 is 1.33 bits per heavy atom. The molecule has 2 heteroatoms. The second-order valence-corrected chi connectivity index (χ2v) is 7.44. The van der Waals surface area contributed by atoms with Gasteiger partial charge in [-0.25, -0.2) is 0 Å². The van der Waals surface area contributed by atoms with E-state index in [0.29, 0.717) is 5.75 Å². The molecule has 0 aliphatic carbocycles. The van der Waals surface area contributed by atoms with E-state index in [4.69, 9.17) is 4.74 Å². The highest BCUT2D eigenvalue weighted by Crippen LogP contribution is 2.38. The Hall–Kier alpha value is -1.96. The average molecular weight is 369 g/mol. The van der Waals surface area contributed by atoms with Crippen LogP contribution in [0.5, 0.6) is 17.2 Å². The van der Waals surface area contributed by atoms with E-state index in [-0.39, 0.29) is 5.75 Å². The molecular weight excluding hydrogens is 332 g/mol. The number of benzene rings is 2. The molecule has 2 nitrogen and oxygen atoms in total. The minimum absolute atomic E-state index is 0.250. The molecule has 2 aromatic carbocycles. The van der Waals surface area contributed by atoms with Gasteiger partial charge in [-0.1, -0.05) is 83.1 Å². The largest absolute Gasteiger partial charge is 0.504 e. The fourth-order valence-corrected chi connectivity index (χ4v) is 3.53. The third-order valence-electron chi connectivity index (χ3n) is 5.13. The molecule has 0 aliphatic heterocycles. The first-order valence-corrected chi connectivity index (χ1v) is 10.8. The van der Waals surface area contributed by atoms with E-state index < -0.39 is 0 Å². The molecule has 27 heavy (non-hydrogen) atoms. The van der Waals surface area contributed by atoms with Crippen LogP contribution in [0.25, 0.3) is 0 Å². The number of hydrogen-bond acceptors (Lipinski definition) is 2. The standard InChI is InChI=1S/C25H36O2/c1-3-5-7-9-14-18-23-21(15-11-8-6-4-2)19-20-24(26)25(23)27-22-16-12-10-13-17-22/h10,12-13,16-17,19-20,26H,3-9,11,14-15,18H2,1-2H3. The van der Waals surface area contributed by atoms with Crippen LogP contribution in [-0.4, -0.2) is 5.11 Å². The van der Waals surface area contributed by atoms with Gasteiger partial charge in [0.05, 0.1) is 0 Å². The van der Waals surface area contributed by atoms with Crippen LogP contribution in [0.1, 0.15) is 82.8 Å². The third kappa shape index (κ3) is 7.28. The van der Waals surface area contributed by atoms with E-state index in [1.54, 1.807) is 6.07 Å². The van der Waals surface area contributed by atoms with Crippen molar-refractivity contribution in [2.75, 3.05) is 0 Å². The summed E-state index contributed by atoms with van der Waals surface area (Å²) in [4.78, 5) is 0. The lowest BCUT2D eigenvalue weighted by Crippen LogP contribution is -2.00. The van der Waals surface area contributed by atoms with Gasteiger partial charge in [-0.3, -0.25) is 0 Å². The second-order valence-electron chi connectivity index (χ2n) is 7.44. The normalized spacial score (nSPS) is 10.9. The molecule has 0 amide bonds. The second kappa shape index (κ2) is 12.4. The number of aryl methyl sites for hydroxylation is 1. The maximum absolute atomic E-state index is 10.5. The van der Waals surface area contributed by atoms with Crippen LogP contribution in [0.4, 0.5) is 0 Å². The molecule has 148 valence electrons. The molecule has 0 saturated carbocycles. The van der Waals surface area contributed by atoms with Crippen LogP contribution < -0.4 is 4.74 Å². The molecule has 0 aliphatic rings. The Bertz CT molecular complexity index is 649. The molecule has 1 N–H and O–H groups in total. The maximum Gasteiger partial charge on any atom is 0.172 e. The Morgan fingerprint density at radius 3 is 2.04 bits per heavy atom. The number of phenolic OH excluding ortho intramolecular Hbond substituents is 1. The summed E-state index contributed by atoms with van der Waals surface area (Å²) < 4.78 is 6.14. The lowest BCUT2D eigenvalue weighted by molar-refractivity contribution is 0.405. The highest BCUT2D eigenvalue weighted by atomic mass is 16.5. The van der Waals surface area contributed by atoms with Crippen LogP contribution >= 0.6 is 0 Å². The lowest BCUT2D eigenvalue weighted by atomic mass is 9.95.